The minimum atomic E-state index is -0.729. The number of nitrogens with zero attached hydrogens (tertiary/aromatic N) is 2. The largest absolute Gasteiger partial charge is 0.493 e. The van der Waals surface area contributed by atoms with Gasteiger partial charge in [-0.05, 0) is 18.2 Å². The lowest BCUT2D eigenvalue weighted by molar-refractivity contribution is -0.140. The van der Waals surface area contributed by atoms with Gasteiger partial charge in [0.2, 0.25) is 5.91 Å². The van der Waals surface area contributed by atoms with Crippen LogP contribution < -0.4 is 19.7 Å². The molecule has 3 amide bonds. The molecule has 1 atom stereocenters. The topological polar surface area (TPSA) is 114 Å². The standard InChI is InChI=1S/C24H25N3O7/c1-32-17-9-8-15-20(21(17)34-3)24(31)27-16-7-5-4-6-14(16)23(30)26(22(15)27)13-11-18(28)25-12-10-19(29)33-2/h4-9,22H,10-13H2,1-3H3,(H,25,28). The minimum absolute atomic E-state index is 0.00374. The van der Waals surface area contributed by atoms with Crippen LogP contribution in [0.5, 0.6) is 11.5 Å². The zero-order chi connectivity index (χ0) is 24.4. The zero-order valence-corrected chi connectivity index (χ0v) is 19.1. The fraction of sp³-hybridized carbons (Fsp3) is 0.333. The van der Waals surface area contributed by atoms with E-state index in [0.717, 1.165) is 0 Å². The molecule has 10 nitrogen and oxygen atoms in total. The van der Waals surface area contributed by atoms with Gasteiger partial charge in [-0.2, -0.15) is 0 Å². The molecule has 0 spiro atoms. The van der Waals surface area contributed by atoms with Crippen LogP contribution in [0.1, 0.15) is 45.3 Å². The van der Waals surface area contributed by atoms with Crippen LogP contribution in [0.2, 0.25) is 0 Å². The SMILES string of the molecule is COC(=O)CCNC(=O)CCN1C(=O)c2ccccc2N2C(=O)c3c(ccc(OC)c3OC)C12. The fourth-order valence-electron chi connectivity index (χ4n) is 4.37. The molecule has 34 heavy (non-hydrogen) atoms. The Labute approximate surface area is 196 Å². The van der Waals surface area contributed by atoms with Crippen molar-refractivity contribution in [1.29, 1.82) is 0 Å². The highest BCUT2D eigenvalue weighted by Crippen LogP contribution is 2.49. The molecule has 0 fully saturated rings. The molecule has 0 bridgehead atoms. The van der Waals surface area contributed by atoms with Gasteiger partial charge in [-0.25, -0.2) is 0 Å². The molecule has 2 aromatic rings. The van der Waals surface area contributed by atoms with Crippen molar-refractivity contribution in [2.24, 2.45) is 0 Å². The van der Waals surface area contributed by atoms with E-state index in [1.54, 1.807) is 41.3 Å². The number of carbonyl (C=O) groups is 4. The van der Waals surface area contributed by atoms with Crippen molar-refractivity contribution in [3.05, 3.63) is 53.1 Å². The van der Waals surface area contributed by atoms with Crippen LogP contribution in [0.3, 0.4) is 0 Å². The third-order valence-electron chi connectivity index (χ3n) is 5.94. The number of methoxy groups -OCH3 is 3. The predicted molar refractivity (Wildman–Crippen MR) is 121 cm³/mol. The molecular formula is C24H25N3O7. The third-order valence-corrected chi connectivity index (χ3v) is 5.94. The van der Waals surface area contributed by atoms with Crippen LogP contribution in [-0.4, -0.2) is 63.0 Å². The summed E-state index contributed by atoms with van der Waals surface area (Å²) in [5, 5.41) is 2.65. The van der Waals surface area contributed by atoms with Gasteiger partial charge in [-0.1, -0.05) is 18.2 Å². The normalized spacial score (nSPS) is 15.9. The van der Waals surface area contributed by atoms with Crippen molar-refractivity contribution in [3.63, 3.8) is 0 Å². The van der Waals surface area contributed by atoms with Crippen molar-refractivity contribution in [3.8, 4) is 11.5 Å². The third kappa shape index (κ3) is 3.81. The van der Waals surface area contributed by atoms with E-state index in [4.69, 9.17) is 9.47 Å². The van der Waals surface area contributed by atoms with Gasteiger partial charge in [0.1, 0.15) is 6.17 Å². The van der Waals surface area contributed by atoms with E-state index >= 15 is 0 Å². The molecule has 0 saturated carbocycles. The molecule has 178 valence electrons. The molecule has 1 N–H and O–H groups in total. The van der Waals surface area contributed by atoms with Gasteiger partial charge in [0.25, 0.3) is 11.8 Å². The molecule has 0 aliphatic carbocycles. The quantitative estimate of drug-likeness (QED) is 0.590. The lowest BCUT2D eigenvalue weighted by Gasteiger charge is -2.40. The second kappa shape index (κ2) is 9.42. The van der Waals surface area contributed by atoms with Crippen LogP contribution in [0.25, 0.3) is 0 Å². The van der Waals surface area contributed by atoms with E-state index in [9.17, 15) is 19.2 Å². The first-order valence-electron chi connectivity index (χ1n) is 10.7. The van der Waals surface area contributed by atoms with Gasteiger partial charge in [-0.3, -0.25) is 24.1 Å². The smallest absolute Gasteiger partial charge is 0.307 e. The van der Waals surface area contributed by atoms with Crippen molar-refractivity contribution >= 4 is 29.4 Å². The summed E-state index contributed by atoms with van der Waals surface area (Å²) in [6.07, 6.45) is -0.679. The Balaban J connectivity index is 1.66. The zero-order valence-electron chi connectivity index (χ0n) is 19.1. The van der Waals surface area contributed by atoms with Gasteiger partial charge < -0.3 is 24.4 Å². The number of ether oxygens (including phenoxy) is 3. The van der Waals surface area contributed by atoms with Crippen LogP contribution in [-0.2, 0) is 14.3 Å². The Morgan fingerprint density at radius 2 is 1.74 bits per heavy atom. The predicted octanol–water partition coefficient (Wildman–Crippen LogP) is 1.89. The molecule has 2 heterocycles. The molecule has 0 radical (unpaired) electrons. The van der Waals surface area contributed by atoms with Gasteiger partial charge in [-0.15, -0.1) is 0 Å². The summed E-state index contributed by atoms with van der Waals surface area (Å²) in [7, 11) is 4.22. The van der Waals surface area contributed by atoms with Crippen LogP contribution in [0.15, 0.2) is 36.4 Å². The highest BCUT2D eigenvalue weighted by atomic mass is 16.5. The van der Waals surface area contributed by atoms with Crippen molar-refractivity contribution in [1.82, 2.24) is 10.2 Å². The Morgan fingerprint density at radius 3 is 2.44 bits per heavy atom. The van der Waals surface area contributed by atoms with E-state index in [-0.39, 0.29) is 43.7 Å². The Bertz CT molecular complexity index is 1160. The summed E-state index contributed by atoms with van der Waals surface area (Å²) in [4.78, 5) is 53.7. The van der Waals surface area contributed by atoms with Crippen LogP contribution in [0, 0.1) is 0 Å². The Hall–Kier alpha value is -4.08. The second-order valence-electron chi connectivity index (χ2n) is 7.76. The van der Waals surface area contributed by atoms with E-state index in [1.807, 2.05) is 0 Å². The average Bonchev–Trinajstić information content (AvgIpc) is 3.15. The van der Waals surface area contributed by atoms with E-state index < -0.39 is 12.1 Å². The van der Waals surface area contributed by atoms with Gasteiger partial charge in [0, 0.05) is 25.1 Å². The first kappa shape index (κ1) is 23.1. The van der Waals surface area contributed by atoms with Gasteiger partial charge in [0.15, 0.2) is 11.5 Å². The van der Waals surface area contributed by atoms with Crippen molar-refractivity contribution < 1.29 is 33.4 Å². The van der Waals surface area contributed by atoms with Gasteiger partial charge in [0.05, 0.1) is 44.6 Å². The first-order chi connectivity index (χ1) is 16.4. The molecule has 0 aromatic heterocycles. The number of fused-ring (bicyclic) bond motifs is 5. The second-order valence-corrected chi connectivity index (χ2v) is 7.76. The molecule has 2 aromatic carbocycles. The highest BCUT2D eigenvalue weighted by Gasteiger charge is 2.49. The lowest BCUT2D eigenvalue weighted by Crippen LogP contribution is -2.49. The number of amides is 3. The average molecular weight is 467 g/mol. The number of hydrogen-bond donors (Lipinski definition) is 1. The molecule has 0 saturated heterocycles. The van der Waals surface area contributed by atoms with E-state index in [1.165, 1.54) is 26.2 Å². The van der Waals surface area contributed by atoms with Crippen LogP contribution >= 0.6 is 0 Å². The molecule has 2 aliphatic rings. The summed E-state index contributed by atoms with van der Waals surface area (Å²) in [5.41, 5.74) is 1.79. The van der Waals surface area contributed by atoms with Gasteiger partial charge >= 0.3 is 5.97 Å². The summed E-state index contributed by atoms with van der Waals surface area (Å²) in [6.45, 7) is 0.204. The van der Waals surface area contributed by atoms with E-state index in [0.29, 0.717) is 33.9 Å². The Morgan fingerprint density at radius 1 is 0.971 bits per heavy atom. The maximum Gasteiger partial charge on any atom is 0.307 e. The number of benzene rings is 2. The maximum absolute atomic E-state index is 13.6. The van der Waals surface area contributed by atoms with E-state index in [2.05, 4.69) is 10.1 Å². The maximum atomic E-state index is 13.6. The molecule has 1 unspecified atom stereocenters. The number of hydrogen-bond acceptors (Lipinski definition) is 7. The van der Waals surface area contributed by atoms with Crippen molar-refractivity contribution in [2.75, 3.05) is 39.3 Å². The molecule has 10 heteroatoms. The number of para-hydroxylation sites is 1. The highest BCUT2D eigenvalue weighted by molar-refractivity contribution is 6.18. The number of carbonyl (C=O) groups excluding carboxylic acids is 4. The fourth-order valence-corrected chi connectivity index (χ4v) is 4.37. The monoisotopic (exact) mass is 467 g/mol. The van der Waals surface area contributed by atoms with Crippen LogP contribution in [0.4, 0.5) is 5.69 Å². The Kier molecular flexibility index (Phi) is 6.40. The molecular weight excluding hydrogens is 442 g/mol. The first-order valence-corrected chi connectivity index (χ1v) is 10.7. The number of rotatable bonds is 8. The molecule has 2 aliphatic heterocycles. The summed E-state index contributed by atoms with van der Waals surface area (Å²) >= 11 is 0. The number of nitrogens with one attached hydrogen (secondary N) is 1. The summed E-state index contributed by atoms with van der Waals surface area (Å²) < 4.78 is 15.4. The lowest BCUT2D eigenvalue weighted by atomic mass is 10.0. The summed E-state index contributed by atoms with van der Waals surface area (Å²) in [6, 6.07) is 10.3. The number of esters is 1. The van der Waals surface area contributed by atoms with Crippen molar-refractivity contribution in [2.45, 2.75) is 19.0 Å². The minimum Gasteiger partial charge on any atom is -0.493 e. The number of anilines is 1. The summed E-state index contributed by atoms with van der Waals surface area (Å²) in [5.74, 6) is -0.642. The molecule has 4 rings (SSSR count).